The second-order valence-corrected chi connectivity index (χ2v) is 6.69. The molecule has 1 heterocycles. The Kier molecular flexibility index (Phi) is 7.23. The standard InChI is InChI=1S/C18H28N2O6/c1-8-24-15(21)13-10-14(16(22)25-9-2)12(4)20(11(13)3)19-17(23)26-18(5,6)7/h8-10H2,1-7H3,(H,19,23). The van der Waals surface area contributed by atoms with Crippen LogP contribution in [0.25, 0.3) is 0 Å². The molecule has 0 aliphatic carbocycles. The number of hydrogen-bond donors (Lipinski definition) is 1. The highest BCUT2D eigenvalue weighted by molar-refractivity contribution is 5.96. The van der Waals surface area contributed by atoms with Gasteiger partial charge >= 0.3 is 18.0 Å². The van der Waals surface area contributed by atoms with E-state index in [1.807, 2.05) is 0 Å². The monoisotopic (exact) mass is 368 g/mol. The van der Waals surface area contributed by atoms with Crippen molar-refractivity contribution >= 4 is 18.0 Å². The first-order chi connectivity index (χ1) is 12.0. The van der Waals surface area contributed by atoms with Gasteiger partial charge in [0.15, 0.2) is 0 Å². The van der Waals surface area contributed by atoms with Crippen molar-refractivity contribution in [2.45, 2.75) is 60.5 Å². The van der Waals surface area contributed by atoms with Crippen molar-refractivity contribution in [3.63, 3.8) is 0 Å². The Morgan fingerprint density at radius 3 is 1.73 bits per heavy atom. The average molecular weight is 368 g/mol. The van der Waals surface area contributed by atoms with Gasteiger partial charge in [-0.2, -0.15) is 0 Å². The smallest absolute Gasteiger partial charge is 0.426 e. The SMILES string of the molecule is CCOC(=O)C1=C(C)N(NC(=O)OC(C)(C)C)C(C)=C(C(=O)OCC)C1. The molecule has 0 atom stereocenters. The lowest BCUT2D eigenvalue weighted by molar-refractivity contribution is -0.139. The van der Waals surface area contributed by atoms with Crippen LogP contribution in [-0.2, 0) is 23.8 Å². The number of carbonyl (C=O) groups excluding carboxylic acids is 3. The number of hydrogen-bond acceptors (Lipinski definition) is 7. The van der Waals surface area contributed by atoms with Gasteiger partial charge in [0.05, 0.1) is 24.4 Å². The van der Waals surface area contributed by atoms with Crippen LogP contribution in [0.15, 0.2) is 22.5 Å². The van der Waals surface area contributed by atoms with Crippen LogP contribution in [0.5, 0.6) is 0 Å². The summed E-state index contributed by atoms with van der Waals surface area (Å²) in [6, 6.07) is 0. The molecule has 26 heavy (non-hydrogen) atoms. The molecule has 1 N–H and O–H groups in total. The molecule has 0 aromatic heterocycles. The van der Waals surface area contributed by atoms with E-state index in [0.29, 0.717) is 11.4 Å². The number of rotatable bonds is 5. The lowest BCUT2D eigenvalue weighted by Gasteiger charge is -2.34. The van der Waals surface area contributed by atoms with Crippen LogP contribution in [0, 0.1) is 0 Å². The van der Waals surface area contributed by atoms with Crippen molar-refractivity contribution < 1.29 is 28.6 Å². The molecule has 8 heteroatoms. The molecule has 0 fully saturated rings. The number of amides is 1. The van der Waals surface area contributed by atoms with Gasteiger partial charge < -0.3 is 14.2 Å². The van der Waals surface area contributed by atoms with E-state index in [0.717, 1.165) is 0 Å². The molecule has 1 rings (SSSR count). The minimum absolute atomic E-state index is 0.0713. The van der Waals surface area contributed by atoms with Crippen LogP contribution < -0.4 is 5.43 Å². The maximum absolute atomic E-state index is 12.3. The molecule has 0 unspecified atom stereocenters. The van der Waals surface area contributed by atoms with Gasteiger partial charge in [-0.25, -0.2) is 19.8 Å². The lowest BCUT2D eigenvalue weighted by Crippen LogP contribution is -2.45. The molecule has 0 aromatic carbocycles. The summed E-state index contributed by atoms with van der Waals surface area (Å²) in [5.74, 6) is -1.09. The quantitative estimate of drug-likeness (QED) is 0.589. The summed E-state index contributed by atoms with van der Waals surface area (Å²) in [5.41, 5.74) is 3.34. The molecule has 8 nitrogen and oxygen atoms in total. The van der Waals surface area contributed by atoms with Crippen LogP contribution in [0.1, 0.15) is 54.9 Å². The highest BCUT2D eigenvalue weighted by atomic mass is 16.6. The Balaban J connectivity index is 3.23. The minimum atomic E-state index is -0.704. The molecule has 0 bridgehead atoms. The van der Waals surface area contributed by atoms with Gasteiger partial charge in [-0.1, -0.05) is 0 Å². The summed E-state index contributed by atoms with van der Waals surface area (Å²) in [5, 5.41) is 1.36. The summed E-state index contributed by atoms with van der Waals surface area (Å²) in [6.45, 7) is 12.3. The summed E-state index contributed by atoms with van der Waals surface area (Å²) >= 11 is 0. The third kappa shape index (κ3) is 5.50. The molecule has 0 spiro atoms. The van der Waals surface area contributed by atoms with Gasteiger partial charge in [0.2, 0.25) is 0 Å². The number of allylic oxidation sites excluding steroid dienone is 2. The molecular weight excluding hydrogens is 340 g/mol. The van der Waals surface area contributed by atoms with E-state index in [1.54, 1.807) is 48.5 Å². The topological polar surface area (TPSA) is 94.2 Å². The van der Waals surface area contributed by atoms with E-state index in [-0.39, 0.29) is 30.8 Å². The third-order valence-corrected chi connectivity index (χ3v) is 3.54. The van der Waals surface area contributed by atoms with E-state index in [9.17, 15) is 14.4 Å². The molecule has 0 saturated heterocycles. The number of nitrogens with zero attached hydrogens (tertiary/aromatic N) is 1. The molecule has 0 radical (unpaired) electrons. The molecule has 1 aliphatic rings. The van der Waals surface area contributed by atoms with Gasteiger partial charge in [-0.15, -0.1) is 0 Å². The molecule has 1 amide bonds. The first kappa shape index (κ1) is 21.5. The number of carbonyl (C=O) groups is 3. The normalized spacial score (nSPS) is 15.0. The second kappa shape index (κ2) is 8.73. The van der Waals surface area contributed by atoms with Gasteiger partial charge in [0.1, 0.15) is 5.60 Å². The Bertz CT molecular complexity index is 603. The van der Waals surface area contributed by atoms with Gasteiger partial charge in [-0.3, -0.25) is 5.01 Å². The maximum Gasteiger partial charge on any atom is 0.426 e. The van der Waals surface area contributed by atoms with E-state index >= 15 is 0 Å². The molecule has 1 aliphatic heterocycles. The summed E-state index contributed by atoms with van der Waals surface area (Å²) < 4.78 is 15.4. The van der Waals surface area contributed by atoms with Crippen LogP contribution in [-0.4, -0.2) is 41.9 Å². The average Bonchev–Trinajstić information content (AvgIpc) is 2.50. The highest BCUT2D eigenvalue weighted by Crippen LogP contribution is 2.30. The van der Waals surface area contributed by atoms with Crippen molar-refractivity contribution in [2.24, 2.45) is 0 Å². The zero-order valence-corrected chi connectivity index (χ0v) is 16.5. The largest absolute Gasteiger partial charge is 0.463 e. The Morgan fingerprint density at radius 1 is 0.962 bits per heavy atom. The van der Waals surface area contributed by atoms with Crippen LogP contribution >= 0.6 is 0 Å². The second-order valence-electron chi connectivity index (χ2n) is 6.69. The number of ether oxygens (including phenoxy) is 3. The zero-order chi connectivity index (χ0) is 20.1. The van der Waals surface area contributed by atoms with E-state index in [1.165, 1.54) is 5.01 Å². The predicted octanol–water partition coefficient (Wildman–Crippen LogP) is 2.81. The number of esters is 2. The van der Waals surface area contributed by atoms with E-state index in [4.69, 9.17) is 14.2 Å². The van der Waals surface area contributed by atoms with E-state index in [2.05, 4.69) is 5.43 Å². The lowest BCUT2D eigenvalue weighted by atomic mass is 9.97. The Hall–Kier alpha value is -2.51. The summed E-state index contributed by atoms with van der Waals surface area (Å²) in [7, 11) is 0. The first-order valence-electron chi connectivity index (χ1n) is 8.55. The predicted molar refractivity (Wildman–Crippen MR) is 94.5 cm³/mol. The van der Waals surface area contributed by atoms with Gasteiger partial charge in [0.25, 0.3) is 0 Å². The summed E-state index contributed by atoms with van der Waals surface area (Å²) in [4.78, 5) is 36.7. The van der Waals surface area contributed by atoms with Gasteiger partial charge in [0, 0.05) is 17.8 Å². The fourth-order valence-corrected chi connectivity index (χ4v) is 2.39. The van der Waals surface area contributed by atoms with Crippen LogP contribution in [0.4, 0.5) is 4.79 Å². The molecule has 0 saturated carbocycles. The fourth-order valence-electron chi connectivity index (χ4n) is 2.39. The van der Waals surface area contributed by atoms with Crippen molar-refractivity contribution in [1.29, 1.82) is 0 Å². The molecular formula is C18H28N2O6. The third-order valence-electron chi connectivity index (χ3n) is 3.54. The Labute approximate surface area is 154 Å². The van der Waals surface area contributed by atoms with E-state index < -0.39 is 23.6 Å². The van der Waals surface area contributed by atoms with Crippen molar-refractivity contribution in [3.8, 4) is 0 Å². The van der Waals surface area contributed by atoms with Gasteiger partial charge in [-0.05, 0) is 48.5 Å². The Morgan fingerprint density at radius 2 is 1.38 bits per heavy atom. The number of nitrogens with one attached hydrogen (secondary N) is 1. The molecule has 0 aromatic rings. The maximum atomic E-state index is 12.3. The minimum Gasteiger partial charge on any atom is -0.463 e. The van der Waals surface area contributed by atoms with Crippen molar-refractivity contribution in [2.75, 3.05) is 13.2 Å². The van der Waals surface area contributed by atoms with Crippen LogP contribution in [0.2, 0.25) is 0 Å². The zero-order valence-electron chi connectivity index (χ0n) is 16.5. The summed E-state index contributed by atoms with van der Waals surface area (Å²) in [6.07, 6.45) is -0.633. The van der Waals surface area contributed by atoms with Crippen molar-refractivity contribution in [1.82, 2.24) is 10.4 Å². The molecule has 146 valence electrons. The van der Waals surface area contributed by atoms with Crippen molar-refractivity contribution in [3.05, 3.63) is 22.5 Å². The fraction of sp³-hybridized carbons (Fsp3) is 0.611. The first-order valence-corrected chi connectivity index (χ1v) is 8.55. The highest BCUT2D eigenvalue weighted by Gasteiger charge is 2.32. The van der Waals surface area contributed by atoms with Crippen LogP contribution in [0.3, 0.4) is 0 Å². The number of hydrazine groups is 1.